The van der Waals surface area contributed by atoms with E-state index in [1.807, 2.05) is 0 Å². The molecule has 6 N–H and O–H groups in total. The number of hydrogen-bond donors (Lipinski definition) is 6. The number of unbranched alkanes of at least 4 members (excludes halogenated alkanes) is 23. The molecule has 12 nitrogen and oxygen atoms in total. The third kappa shape index (κ3) is 31.1. The molecule has 0 bridgehead atoms. The number of carbonyl (C=O) groups excluding carboxylic acids is 1. The van der Waals surface area contributed by atoms with E-state index in [1.54, 1.807) is 0 Å². The summed E-state index contributed by atoms with van der Waals surface area (Å²) in [7, 11) is -5.02. The van der Waals surface area contributed by atoms with Crippen molar-refractivity contribution >= 4 is 13.8 Å². The lowest BCUT2D eigenvalue weighted by molar-refractivity contribution is -0.220. The Hall–Kier alpha value is -1.44. The molecule has 0 aromatic carbocycles. The molecule has 1 aliphatic carbocycles. The number of aliphatic hydroxyl groups is 5. The summed E-state index contributed by atoms with van der Waals surface area (Å²) < 4.78 is 34.2. The van der Waals surface area contributed by atoms with Gasteiger partial charge in [-0.1, -0.05) is 159 Å². The number of carbonyl (C=O) groups is 1. The molecule has 0 spiro atoms. The highest BCUT2D eigenvalue weighted by Gasteiger charge is 2.51. The van der Waals surface area contributed by atoms with Crippen LogP contribution >= 0.6 is 7.82 Å². The van der Waals surface area contributed by atoms with Gasteiger partial charge in [0, 0.05) is 13.0 Å². The van der Waals surface area contributed by atoms with E-state index in [9.17, 15) is 39.8 Å². The molecule has 358 valence electrons. The second-order valence-corrected chi connectivity index (χ2v) is 18.4. The number of phosphoric ester groups is 1. The smallest absolute Gasteiger partial charge is 0.457 e. The average Bonchev–Trinajstić information content (AvgIpc) is 3.24. The molecule has 1 fully saturated rings. The van der Waals surface area contributed by atoms with Crippen molar-refractivity contribution < 1.29 is 58.3 Å². The number of hydrogen-bond acceptors (Lipinski definition) is 11. The number of ether oxygens (including phenoxy) is 2. The first-order chi connectivity index (χ1) is 29.5. The van der Waals surface area contributed by atoms with Gasteiger partial charge in [0.15, 0.2) is 0 Å². The van der Waals surface area contributed by atoms with Crippen LogP contribution in [0.25, 0.3) is 0 Å². The Morgan fingerprint density at radius 1 is 0.525 bits per heavy atom. The second kappa shape index (κ2) is 39.0. The first kappa shape index (κ1) is 57.6. The average molecular weight is 889 g/mol. The highest BCUT2D eigenvalue weighted by Crippen LogP contribution is 2.47. The lowest BCUT2D eigenvalue weighted by Gasteiger charge is -2.41. The van der Waals surface area contributed by atoms with Gasteiger partial charge in [0.25, 0.3) is 0 Å². The zero-order valence-electron chi connectivity index (χ0n) is 38.2. The molecule has 0 heterocycles. The van der Waals surface area contributed by atoms with Gasteiger partial charge in [-0.2, -0.15) is 0 Å². The Morgan fingerprint density at radius 3 is 1.43 bits per heavy atom. The lowest BCUT2D eigenvalue weighted by atomic mass is 9.85. The van der Waals surface area contributed by atoms with Crippen LogP contribution in [0.2, 0.25) is 0 Å². The monoisotopic (exact) mass is 889 g/mol. The molecule has 6 unspecified atom stereocenters. The molecular formula is C48H89O12P. The predicted octanol–water partition coefficient (Wildman–Crippen LogP) is 10.3. The second-order valence-electron chi connectivity index (χ2n) is 17.0. The molecule has 0 radical (unpaired) electrons. The fourth-order valence-corrected chi connectivity index (χ4v) is 8.29. The van der Waals surface area contributed by atoms with Gasteiger partial charge in [-0.25, -0.2) is 4.57 Å². The Bertz CT molecular complexity index is 1150. The lowest BCUT2D eigenvalue weighted by Crippen LogP contribution is -2.64. The van der Waals surface area contributed by atoms with Crippen molar-refractivity contribution in [3.05, 3.63) is 36.5 Å². The van der Waals surface area contributed by atoms with Crippen molar-refractivity contribution in [1.82, 2.24) is 0 Å². The van der Waals surface area contributed by atoms with Gasteiger partial charge in [0.05, 0.1) is 13.2 Å². The van der Waals surface area contributed by atoms with Gasteiger partial charge >= 0.3 is 13.8 Å². The number of allylic oxidation sites excluding steroid dienone is 6. The maximum absolute atomic E-state index is 12.8. The number of esters is 1. The van der Waals surface area contributed by atoms with Gasteiger partial charge in [-0.15, -0.1) is 0 Å². The molecule has 1 aliphatic rings. The minimum Gasteiger partial charge on any atom is -0.457 e. The van der Waals surface area contributed by atoms with Crippen molar-refractivity contribution in [3.8, 4) is 0 Å². The third-order valence-corrected chi connectivity index (χ3v) is 12.2. The van der Waals surface area contributed by atoms with E-state index in [-0.39, 0.29) is 13.0 Å². The number of phosphoric acid groups is 1. The molecule has 6 atom stereocenters. The van der Waals surface area contributed by atoms with Crippen LogP contribution in [0.1, 0.15) is 200 Å². The van der Waals surface area contributed by atoms with Crippen LogP contribution in [-0.2, 0) is 27.9 Å². The van der Waals surface area contributed by atoms with E-state index < -0.39 is 63.1 Å². The van der Waals surface area contributed by atoms with Gasteiger partial charge in [-0.3, -0.25) is 13.8 Å². The molecular weight excluding hydrogens is 799 g/mol. The summed E-state index contributed by atoms with van der Waals surface area (Å²) in [4.78, 5) is 23.2. The Morgan fingerprint density at radius 2 is 0.918 bits per heavy atom. The largest absolute Gasteiger partial charge is 0.472 e. The predicted molar refractivity (Wildman–Crippen MR) is 244 cm³/mol. The zero-order chi connectivity index (χ0) is 44.8. The Labute approximate surface area is 370 Å². The maximum atomic E-state index is 12.8. The van der Waals surface area contributed by atoms with Crippen molar-refractivity contribution in [2.45, 2.75) is 243 Å². The molecule has 13 heteroatoms. The van der Waals surface area contributed by atoms with Crippen molar-refractivity contribution in [2.75, 3.05) is 19.8 Å². The van der Waals surface area contributed by atoms with Gasteiger partial charge in [-0.05, 0) is 70.6 Å². The van der Waals surface area contributed by atoms with Crippen LogP contribution in [0.4, 0.5) is 0 Å². The fraction of sp³-hybridized carbons (Fsp3) is 0.854. The summed E-state index contributed by atoms with van der Waals surface area (Å²) in [5.41, 5.74) is 0. The molecule has 0 saturated heterocycles. The Kier molecular flexibility index (Phi) is 36.8. The first-order valence-electron chi connectivity index (χ1n) is 24.3. The quantitative estimate of drug-likeness (QED) is 0.0148. The number of aliphatic hydroxyl groups excluding tert-OH is 5. The van der Waals surface area contributed by atoms with Crippen molar-refractivity contribution in [3.63, 3.8) is 0 Å². The summed E-state index contributed by atoms with van der Waals surface area (Å²) >= 11 is 0. The van der Waals surface area contributed by atoms with E-state index in [1.165, 1.54) is 103 Å². The molecule has 0 amide bonds. The van der Waals surface area contributed by atoms with E-state index >= 15 is 0 Å². The summed E-state index contributed by atoms with van der Waals surface area (Å²) in [5, 5.41) is 50.2. The maximum Gasteiger partial charge on any atom is 0.472 e. The number of rotatable bonds is 41. The van der Waals surface area contributed by atoms with Crippen LogP contribution in [-0.4, -0.2) is 98.9 Å². The molecule has 0 aliphatic heterocycles. The van der Waals surface area contributed by atoms with Gasteiger partial charge in [0.2, 0.25) is 0 Å². The third-order valence-electron chi connectivity index (χ3n) is 11.2. The molecule has 1 rings (SSSR count). The van der Waals surface area contributed by atoms with Gasteiger partial charge < -0.3 is 39.9 Å². The van der Waals surface area contributed by atoms with Crippen molar-refractivity contribution in [2.24, 2.45) is 0 Å². The highest BCUT2D eigenvalue weighted by atomic mass is 31.2. The van der Waals surface area contributed by atoms with Crippen molar-refractivity contribution in [1.29, 1.82) is 0 Å². The Balaban J connectivity index is 2.38. The minimum absolute atomic E-state index is 0.0832. The normalized spacial score (nSPS) is 22.4. The summed E-state index contributed by atoms with van der Waals surface area (Å²) in [5.74, 6) is -0.487. The van der Waals surface area contributed by atoms with E-state index in [0.717, 1.165) is 70.6 Å². The summed E-state index contributed by atoms with van der Waals surface area (Å²) in [6.07, 6.45) is 33.5. The van der Waals surface area contributed by atoms with Gasteiger partial charge in [0.1, 0.15) is 42.7 Å². The van der Waals surface area contributed by atoms with E-state index in [2.05, 4.69) is 50.3 Å². The van der Waals surface area contributed by atoms with Crippen LogP contribution in [0, 0.1) is 0 Å². The van der Waals surface area contributed by atoms with E-state index in [0.29, 0.717) is 13.0 Å². The fourth-order valence-electron chi connectivity index (χ4n) is 7.32. The van der Waals surface area contributed by atoms with Crippen LogP contribution in [0.15, 0.2) is 36.5 Å². The van der Waals surface area contributed by atoms with Crippen LogP contribution in [0.3, 0.4) is 0 Å². The molecule has 0 aromatic heterocycles. The molecule has 0 aromatic rings. The summed E-state index contributed by atoms with van der Waals surface area (Å²) in [6, 6.07) is 0. The first-order valence-corrected chi connectivity index (χ1v) is 25.8. The SMILES string of the molecule is CCCCC/C=C\C/C=C\CCCCCCCCCC(=O)OC(COCCCCCCCC/C=C\CCCCCCCCC)COP(=O)(O)OC1C(O)C(O)C(O)C(O)C1O. The standard InChI is InChI=1S/C48H89O12P/c1-3-5-7-9-11-13-15-17-19-21-23-25-27-29-31-33-35-37-42(49)59-41(40-58-61(55,56)60-48-46(53)44(51)43(50)45(52)47(48)54)39-57-38-36-34-32-30-28-26-24-22-20-18-16-14-12-10-8-6-4-2/h11,13,17,19-20,22,41,43-48,50-54H,3-10,12,14-16,18,21,23-40H2,1-2H3,(H,55,56)/b13-11-,19-17-,22-20-. The topological polar surface area (TPSA) is 192 Å². The highest BCUT2D eigenvalue weighted by molar-refractivity contribution is 7.47. The zero-order valence-corrected chi connectivity index (χ0v) is 39.1. The minimum atomic E-state index is -5.02. The summed E-state index contributed by atoms with van der Waals surface area (Å²) in [6.45, 7) is 4.22. The molecule has 1 saturated carbocycles. The van der Waals surface area contributed by atoms with E-state index in [4.69, 9.17) is 18.5 Å². The van der Waals surface area contributed by atoms with Crippen LogP contribution < -0.4 is 0 Å². The van der Waals surface area contributed by atoms with Crippen LogP contribution in [0.5, 0.6) is 0 Å². The molecule has 61 heavy (non-hydrogen) atoms.